The van der Waals surface area contributed by atoms with Crippen molar-refractivity contribution in [3.05, 3.63) is 17.5 Å². The Balaban J connectivity index is 2.03. The summed E-state index contributed by atoms with van der Waals surface area (Å²) in [5.74, 6) is -0.610. The smallest absolute Gasteiger partial charge is 0.229 e. The number of amides is 1. The van der Waals surface area contributed by atoms with Crippen LogP contribution in [0.2, 0.25) is 5.15 Å². The van der Waals surface area contributed by atoms with Crippen LogP contribution in [0.1, 0.15) is 6.42 Å². The van der Waals surface area contributed by atoms with Crippen molar-refractivity contribution in [1.29, 1.82) is 0 Å². The molecule has 0 saturated carbocycles. The Labute approximate surface area is 103 Å². The summed E-state index contributed by atoms with van der Waals surface area (Å²) in [5, 5.41) is 2.74. The predicted octanol–water partition coefficient (Wildman–Crippen LogP) is 0.503. The highest BCUT2D eigenvalue weighted by Gasteiger charge is 2.33. The monoisotopic (exact) mass is 275 g/mol. The molecule has 0 aromatic carbocycles. The van der Waals surface area contributed by atoms with Crippen LogP contribution in [0.5, 0.6) is 0 Å². The maximum Gasteiger partial charge on any atom is 0.229 e. The fourth-order valence-corrected chi connectivity index (χ4v) is 3.52. The van der Waals surface area contributed by atoms with E-state index in [9.17, 15) is 13.2 Å². The van der Waals surface area contributed by atoms with Gasteiger partial charge < -0.3 is 5.32 Å². The maximum atomic E-state index is 11.7. The molecule has 1 N–H and O–H groups in total. The molecule has 1 unspecified atom stereocenters. The minimum absolute atomic E-state index is 0.0651. The summed E-state index contributed by atoms with van der Waals surface area (Å²) in [6.45, 7) is 0. The van der Waals surface area contributed by atoms with Crippen LogP contribution in [0.4, 0.5) is 5.82 Å². The second kappa shape index (κ2) is 4.58. The molecule has 1 aromatic rings. The van der Waals surface area contributed by atoms with Crippen LogP contribution in [0, 0.1) is 5.92 Å². The molecule has 1 saturated heterocycles. The first-order valence-electron chi connectivity index (χ1n) is 4.95. The zero-order valence-electron chi connectivity index (χ0n) is 8.76. The van der Waals surface area contributed by atoms with Crippen molar-refractivity contribution in [3.63, 3.8) is 0 Å². The van der Waals surface area contributed by atoms with Crippen LogP contribution < -0.4 is 5.32 Å². The summed E-state index contributed by atoms with van der Waals surface area (Å²) in [6, 6.07) is 1.41. The fourth-order valence-electron chi connectivity index (χ4n) is 1.63. The Kier molecular flexibility index (Phi) is 3.30. The maximum absolute atomic E-state index is 11.7. The molecule has 8 heteroatoms. The summed E-state index contributed by atoms with van der Waals surface area (Å²) < 4.78 is 22.5. The molecule has 1 amide bonds. The average Bonchev–Trinajstić information content (AvgIpc) is 2.59. The molecule has 2 heterocycles. The van der Waals surface area contributed by atoms with Gasteiger partial charge in [0, 0.05) is 6.07 Å². The summed E-state index contributed by atoms with van der Waals surface area (Å²) >= 11 is 5.63. The minimum atomic E-state index is -3.06. The van der Waals surface area contributed by atoms with E-state index in [1.807, 2.05) is 0 Å². The van der Waals surface area contributed by atoms with E-state index in [-0.39, 0.29) is 28.4 Å². The Morgan fingerprint density at radius 1 is 1.47 bits per heavy atom. The van der Waals surface area contributed by atoms with Crippen molar-refractivity contribution in [1.82, 2.24) is 9.97 Å². The number of carbonyl (C=O) groups excluding carboxylic acids is 1. The first-order valence-corrected chi connectivity index (χ1v) is 7.15. The van der Waals surface area contributed by atoms with E-state index in [2.05, 4.69) is 15.3 Å². The van der Waals surface area contributed by atoms with Gasteiger partial charge in [0.1, 0.15) is 17.3 Å². The number of carbonyl (C=O) groups is 1. The lowest BCUT2D eigenvalue weighted by atomic mass is 10.1. The number of nitrogens with zero attached hydrogens (tertiary/aromatic N) is 2. The summed E-state index contributed by atoms with van der Waals surface area (Å²) in [6.07, 6.45) is 1.58. The lowest BCUT2D eigenvalue weighted by Gasteiger charge is -2.08. The zero-order valence-corrected chi connectivity index (χ0v) is 10.3. The minimum Gasteiger partial charge on any atom is -0.310 e. The normalized spacial score (nSPS) is 22.3. The Hall–Kier alpha value is -1.21. The molecule has 0 radical (unpaired) electrons. The van der Waals surface area contributed by atoms with E-state index in [0.29, 0.717) is 6.42 Å². The van der Waals surface area contributed by atoms with E-state index in [4.69, 9.17) is 11.6 Å². The van der Waals surface area contributed by atoms with Crippen LogP contribution in [-0.4, -0.2) is 35.8 Å². The third-order valence-corrected chi connectivity index (χ3v) is 4.46. The summed E-state index contributed by atoms with van der Waals surface area (Å²) in [4.78, 5) is 19.2. The number of anilines is 1. The summed E-state index contributed by atoms with van der Waals surface area (Å²) in [5.41, 5.74) is 0. The van der Waals surface area contributed by atoms with Gasteiger partial charge in [0.25, 0.3) is 0 Å². The van der Waals surface area contributed by atoms with Crippen LogP contribution in [0.25, 0.3) is 0 Å². The van der Waals surface area contributed by atoms with Gasteiger partial charge in [-0.25, -0.2) is 18.4 Å². The van der Waals surface area contributed by atoms with Crippen molar-refractivity contribution in [2.75, 3.05) is 16.8 Å². The van der Waals surface area contributed by atoms with Crippen molar-refractivity contribution in [2.24, 2.45) is 5.92 Å². The van der Waals surface area contributed by atoms with Crippen LogP contribution in [0.15, 0.2) is 12.4 Å². The molecule has 0 bridgehead atoms. The first kappa shape index (κ1) is 12.3. The van der Waals surface area contributed by atoms with Crippen molar-refractivity contribution in [2.45, 2.75) is 6.42 Å². The first-order chi connectivity index (χ1) is 7.96. The quantitative estimate of drug-likeness (QED) is 0.794. The second-order valence-corrected chi connectivity index (χ2v) is 6.43. The fraction of sp³-hybridized carbons (Fsp3) is 0.444. The lowest BCUT2D eigenvalue weighted by Crippen LogP contribution is -2.24. The zero-order chi connectivity index (χ0) is 12.5. The van der Waals surface area contributed by atoms with Crippen molar-refractivity contribution < 1.29 is 13.2 Å². The van der Waals surface area contributed by atoms with Gasteiger partial charge in [-0.15, -0.1) is 0 Å². The number of aromatic nitrogens is 2. The standard InChI is InChI=1S/C9H10ClN3O3S/c10-7-3-8(12-5-11-7)13-9(14)6-1-2-17(15,16)4-6/h3,5-6H,1-2,4H2,(H,11,12,13,14). The molecule has 1 atom stereocenters. The highest BCUT2D eigenvalue weighted by atomic mass is 35.5. The lowest BCUT2D eigenvalue weighted by molar-refractivity contribution is -0.119. The van der Waals surface area contributed by atoms with E-state index in [0.717, 1.165) is 0 Å². The van der Waals surface area contributed by atoms with Crippen LogP contribution >= 0.6 is 11.6 Å². The number of hydrogen-bond donors (Lipinski definition) is 1. The summed E-state index contributed by atoms with van der Waals surface area (Å²) in [7, 11) is -3.06. The van der Waals surface area contributed by atoms with Crippen molar-refractivity contribution >= 4 is 33.2 Å². The second-order valence-electron chi connectivity index (χ2n) is 3.82. The van der Waals surface area contributed by atoms with E-state index < -0.39 is 15.8 Å². The molecular formula is C9H10ClN3O3S. The van der Waals surface area contributed by atoms with E-state index >= 15 is 0 Å². The van der Waals surface area contributed by atoms with Crippen LogP contribution in [-0.2, 0) is 14.6 Å². The highest BCUT2D eigenvalue weighted by Crippen LogP contribution is 2.20. The Bertz CT molecular complexity index is 546. The largest absolute Gasteiger partial charge is 0.310 e. The molecule has 1 aromatic heterocycles. The molecule has 1 aliphatic rings. The third-order valence-electron chi connectivity index (χ3n) is 2.49. The van der Waals surface area contributed by atoms with Gasteiger partial charge >= 0.3 is 0 Å². The van der Waals surface area contributed by atoms with Gasteiger partial charge in [-0.1, -0.05) is 11.6 Å². The van der Waals surface area contributed by atoms with E-state index in [1.54, 1.807) is 0 Å². The molecular weight excluding hydrogens is 266 g/mol. The molecule has 2 rings (SSSR count). The van der Waals surface area contributed by atoms with Gasteiger partial charge in [-0.2, -0.15) is 0 Å². The average molecular weight is 276 g/mol. The molecule has 0 aliphatic carbocycles. The van der Waals surface area contributed by atoms with Crippen LogP contribution in [0.3, 0.4) is 0 Å². The Morgan fingerprint density at radius 2 is 2.24 bits per heavy atom. The third kappa shape index (κ3) is 3.13. The molecule has 17 heavy (non-hydrogen) atoms. The molecule has 0 spiro atoms. The number of sulfone groups is 1. The van der Waals surface area contributed by atoms with E-state index in [1.165, 1.54) is 12.4 Å². The number of nitrogens with one attached hydrogen (secondary N) is 1. The highest BCUT2D eigenvalue weighted by molar-refractivity contribution is 7.91. The number of halogens is 1. The topological polar surface area (TPSA) is 89.0 Å². The molecule has 92 valence electrons. The molecule has 1 fully saturated rings. The van der Waals surface area contributed by atoms with Gasteiger partial charge in [-0.3, -0.25) is 4.79 Å². The number of rotatable bonds is 2. The van der Waals surface area contributed by atoms with Gasteiger partial charge in [-0.05, 0) is 6.42 Å². The SMILES string of the molecule is O=C(Nc1cc(Cl)ncn1)C1CCS(=O)(=O)C1. The number of hydrogen-bond acceptors (Lipinski definition) is 5. The van der Waals surface area contributed by atoms with Gasteiger partial charge in [0.05, 0.1) is 17.4 Å². The van der Waals surface area contributed by atoms with Gasteiger partial charge in [0.15, 0.2) is 9.84 Å². The molecule has 1 aliphatic heterocycles. The van der Waals surface area contributed by atoms with Crippen molar-refractivity contribution in [3.8, 4) is 0 Å². The Morgan fingerprint density at radius 3 is 2.82 bits per heavy atom. The van der Waals surface area contributed by atoms with Gasteiger partial charge in [0.2, 0.25) is 5.91 Å². The predicted molar refractivity (Wildman–Crippen MR) is 62.4 cm³/mol. The molecule has 6 nitrogen and oxygen atoms in total.